The van der Waals surface area contributed by atoms with Crippen LogP contribution in [0.15, 0.2) is 38.9 Å². The van der Waals surface area contributed by atoms with E-state index < -0.39 is 26.2 Å². The number of rotatable bonds is 5. The number of aryl methyl sites for hydroxylation is 2. The second kappa shape index (κ2) is 6.85. The van der Waals surface area contributed by atoms with Crippen LogP contribution >= 0.6 is 0 Å². The molecule has 1 aromatic heterocycles. The normalized spacial score (nSPS) is 11.8. The molecule has 0 spiro atoms. The number of sulfonamides is 1. The maximum absolute atomic E-state index is 12.8. The average molecular weight is 367 g/mol. The van der Waals surface area contributed by atoms with Crippen molar-refractivity contribution in [3.63, 3.8) is 0 Å². The Kier molecular flexibility index (Phi) is 5.19. The highest BCUT2D eigenvalue weighted by molar-refractivity contribution is 7.89. The van der Waals surface area contributed by atoms with E-state index in [1.807, 2.05) is 19.1 Å². The van der Waals surface area contributed by atoms with Gasteiger partial charge in [0.05, 0.1) is 7.11 Å². The van der Waals surface area contributed by atoms with Gasteiger partial charge in [0, 0.05) is 39.4 Å². The Bertz CT molecular complexity index is 1020. The first-order valence-corrected chi connectivity index (χ1v) is 8.90. The molecule has 0 bridgehead atoms. The van der Waals surface area contributed by atoms with Crippen LogP contribution in [0.1, 0.15) is 11.1 Å². The summed E-state index contributed by atoms with van der Waals surface area (Å²) in [7, 11) is 1.44. The lowest BCUT2D eigenvalue weighted by atomic mass is 10.1. The van der Waals surface area contributed by atoms with Crippen molar-refractivity contribution in [2.75, 3.05) is 14.2 Å². The Labute approximate surface area is 145 Å². The van der Waals surface area contributed by atoms with Crippen LogP contribution in [0.5, 0.6) is 5.75 Å². The molecule has 8 nitrogen and oxygen atoms in total. The van der Waals surface area contributed by atoms with Crippen molar-refractivity contribution in [1.82, 2.24) is 13.4 Å². The van der Waals surface area contributed by atoms with E-state index in [9.17, 15) is 18.0 Å². The van der Waals surface area contributed by atoms with Gasteiger partial charge in [-0.05, 0) is 13.0 Å². The molecule has 0 aliphatic rings. The van der Waals surface area contributed by atoms with E-state index in [4.69, 9.17) is 4.74 Å². The molecule has 0 unspecified atom stereocenters. The molecule has 136 valence electrons. The highest BCUT2D eigenvalue weighted by Gasteiger charge is 2.27. The lowest BCUT2D eigenvalue weighted by molar-refractivity contribution is 0.397. The van der Waals surface area contributed by atoms with Crippen LogP contribution in [-0.2, 0) is 30.7 Å². The summed E-state index contributed by atoms with van der Waals surface area (Å²) in [5, 5.41) is 0. The van der Waals surface area contributed by atoms with Crippen LogP contribution < -0.4 is 16.0 Å². The van der Waals surface area contributed by atoms with Crippen LogP contribution in [0.2, 0.25) is 0 Å². The predicted molar refractivity (Wildman–Crippen MR) is 93.3 cm³/mol. The van der Waals surface area contributed by atoms with E-state index >= 15 is 0 Å². The fourth-order valence-corrected chi connectivity index (χ4v) is 3.77. The average Bonchev–Trinajstić information content (AvgIpc) is 2.56. The third kappa shape index (κ3) is 3.52. The Morgan fingerprint density at radius 2 is 1.84 bits per heavy atom. The van der Waals surface area contributed by atoms with Crippen molar-refractivity contribution in [2.45, 2.75) is 18.4 Å². The highest BCUT2D eigenvalue weighted by Crippen LogP contribution is 2.23. The zero-order valence-electron chi connectivity index (χ0n) is 14.8. The molecule has 0 saturated heterocycles. The smallest absolute Gasteiger partial charge is 0.330 e. The highest BCUT2D eigenvalue weighted by atomic mass is 32.2. The maximum Gasteiger partial charge on any atom is 0.330 e. The van der Waals surface area contributed by atoms with Gasteiger partial charge in [-0.1, -0.05) is 17.7 Å². The molecule has 0 atom stereocenters. The number of nitrogens with zero attached hydrogens (tertiary/aromatic N) is 3. The monoisotopic (exact) mass is 367 g/mol. The summed E-state index contributed by atoms with van der Waals surface area (Å²) in [6, 6.07) is 5.44. The third-order valence-electron chi connectivity index (χ3n) is 3.93. The van der Waals surface area contributed by atoms with Crippen LogP contribution in [0.25, 0.3) is 0 Å². The molecule has 0 radical (unpaired) electrons. The molecule has 0 amide bonds. The minimum absolute atomic E-state index is 0.0270. The Morgan fingerprint density at radius 3 is 2.44 bits per heavy atom. The van der Waals surface area contributed by atoms with E-state index in [-0.39, 0.29) is 6.54 Å². The summed E-state index contributed by atoms with van der Waals surface area (Å²) < 4.78 is 33.8. The number of hydrogen-bond donors (Lipinski definition) is 0. The van der Waals surface area contributed by atoms with Gasteiger partial charge in [0.25, 0.3) is 5.56 Å². The van der Waals surface area contributed by atoms with E-state index in [1.54, 1.807) is 6.07 Å². The zero-order chi connectivity index (χ0) is 18.9. The quantitative estimate of drug-likeness (QED) is 0.754. The zero-order valence-corrected chi connectivity index (χ0v) is 15.6. The second-order valence-electron chi connectivity index (χ2n) is 5.83. The topological polar surface area (TPSA) is 90.6 Å². The molecular weight excluding hydrogens is 346 g/mol. The summed E-state index contributed by atoms with van der Waals surface area (Å²) in [5.74, 6) is 0.556. The fourth-order valence-electron chi connectivity index (χ4n) is 2.48. The van der Waals surface area contributed by atoms with Gasteiger partial charge in [0.1, 0.15) is 5.75 Å². The summed E-state index contributed by atoms with van der Waals surface area (Å²) in [4.78, 5) is 23.5. The minimum atomic E-state index is -4.08. The molecule has 1 heterocycles. The van der Waals surface area contributed by atoms with Crippen LogP contribution in [0, 0.1) is 6.92 Å². The van der Waals surface area contributed by atoms with Crippen molar-refractivity contribution in [3.05, 3.63) is 56.4 Å². The van der Waals surface area contributed by atoms with Crippen molar-refractivity contribution in [3.8, 4) is 5.75 Å². The summed E-state index contributed by atoms with van der Waals surface area (Å²) in [6.45, 7) is 1.92. The first-order valence-electron chi connectivity index (χ1n) is 7.46. The fraction of sp³-hybridized carbons (Fsp3) is 0.375. The third-order valence-corrected chi connectivity index (χ3v) is 5.72. The minimum Gasteiger partial charge on any atom is -0.496 e. The number of aromatic nitrogens is 2. The summed E-state index contributed by atoms with van der Waals surface area (Å²) in [6.07, 6.45) is 1.05. The van der Waals surface area contributed by atoms with Gasteiger partial charge in [0.15, 0.2) is 4.90 Å². The molecule has 0 N–H and O–H groups in total. The summed E-state index contributed by atoms with van der Waals surface area (Å²) >= 11 is 0. The largest absolute Gasteiger partial charge is 0.496 e. The SMILES string of the molecule is COc1ccc(C)cc1CN(C)S(=O)(=O)c1cn(C)c(=O)n(C)c1=O. The molecule has 1 aromatic carbocycles. The molecular formula is C16H21N3O5S. The van der Waals surface area contributed by atoms with Crippen LogP contribution in [0.4, 0.5) is 0 Å². The predicted octanol–water partition coefficient (Wildman–Crippen LogP) is 0.222. The van der Waals surface area contributed by atoms with Gasteiger partial charge in [-0.2, -0.15) is 4.31 Å². The summed E-state index contributed by atoms with van der Waals surface area (Å²) in [5.41, 5.74) is 0.188. The molecule has 0 aliphatic carbocycles. The molecule has 9 heteroatoms. The molecule has 25 heavy (non-hydrogen) atoms. The molecule has 2 aromatic rings. The van der Waals surface area contributed by atoms with Crippen molar-refractivity contribution in [2.24, 2.45) is 14.1 Å². The molecule has 0 fully saturated rings. The van der Waals surface area contributed by atoms with E-state index in [2.05, 4.69) is 0 Å². The van der Waals surface area contributed by atoms with Gasteiger partial charge < -0.3 is 9.30 Å². The number of ether oxygens (including phenoxy) is 1. The lowest BCUT2D eigenvalue weighted by Gasteiger charge is -2.19. The second-order valence-corrected chi connectivity index (χ2v) is 7.84. The number of methoxy groups -OCH3 is 1. The van der Waals surface area contributed by atoms with E-state index in [0.29, 0.717) is 11.3 Å². The van der Waals surface area contributed by atoms with Gasteiger partial charge in [-0.3, -0.25) is 9.36 Å². The molecule has 0 saturated carbocycles. The van der Waals surface area contributed by atoms with Crippen molar-refractivity contribution < 1.29 is 13.2 Å². The number of benzene rings is 1. The van der Waals surface area contributed by atoms with E-state index in [0.717, 1.165) is 25.2 Å². The Balaban J connectivity index is 2.50. The number of hydrogen-bond acceptors (Lipinski definition) is 5. The molecule has 2 rings (SSSR count). The van der Waals surface area contributed by atoms with E-state index in [1.165, 1.54) is 28.3 Å². The van der Waals surface area contributed by atoms with Crippen LogP contribution in [0.3, 0.4) is 0 Å². The van der Waals surface area contributed by atoms with Crippen molar-refractivity contribution in [1.29, 1.82) is 0 Å². The van der Waals surface area contributed by atoms with Gasteiger partial charge in [0.2, 0.25) is 10.0 Å². The maximum atomic E-state index is 12.8. The Hall–Kier alpha value is -2.39. The Morgan fingerprint density at radius 1 is 1.20 bits per heavy atom. The molecule has 0 aliphatic heterocycles. The van der Waals surface area contributed by atoms with Crippen molar-refractivity contribution >= 4 is 10.0 Å². The lowest BCUT2D eigenvalue weighted by Crippen LogP contribution is -2.41. The van der Waals surface area contributed by atoms with Gasteiger partial charge in [-0.15, -0.1) is 0 Å². The standard InChI is InChI=1S/C16H21N3O5S/c1-11-6-7-13(24-5)12(8-11)9-18(3)25(22,23)14-10-17(2)16(21)19(4)15(14)20/h6-8,10H,9H2,1-5H3. The van der Waals surface area contributed by atoms with Gasteiger partial charge >= 0.3 is 5.69 Å². The first kappa shape index (κ1) is 18.9. The van der Waals surface area contributed by atoms with Crippen LogP contribution in [-0.4, -0.2) is 36.0 Å². The van der Waals surface area contributed by atoms with Gasteiger partial charge in [-0.25, -0.2) is 13.2 Å². The first-order chi connectivity index (χ1) is 11.6.